The molecule has 0 atom stereocenters. The van der Waals surface area contributed by atoms with Gasteiger partial charge in [0.1, 0.15) is 5.75 Å². The van der Waals surface area contributed by atoms with Crippen LogP contribution in [-0.2, 0) is 6.54 Å². The molecule has 2 aromatic heterocycles. The number of nitrogens with zero attached hydrogens (tertiary/aromatic N) is 2. The minimum atomic E-state index is 0.580. The second kappa shape index (κ2) is 8.35. The highest BCUT2D eigenvalue weighted by atomic mass is 16.5. The molecule has 4 heteroatoms. The van der Waals surface area contributed by atoms with Gasteiger partial charge in [-0.05, 0) is 47.9 Å². The Labute approximate surface area is 164 Å². The predicted octanol–water partition coefficient (Wildman–Crippen LogP) is 5.86. The Morgan fingerprint density at radius 1 is 0.821 bits per heavy atom. The van der Waals surface area contributed by atoms with Crippen LogP contribution in [0.15, 0.2) is 91.3 Å². The molecule has 28 heavy (non-hydrogen) atoms. The predicted molar refractivity (Wildman–Crippen MR) is 112 cm³/mol. The van der Waals surface area contributed by atoms with Crippen LogP contribution < -0.4 is 10.1 Å². The molecule has 0 unspecified atom stereocenters. The fourth-order valence-electron chi connectivity index (χ4n) is 2.95. The molecule has 4 aromatic rings. The summed E-state index contributed by atoms with van der Waals surface area (Å²) < 4.78 is 5.92. The minimum absolute atomic E-state index is 0.580. The summed E-state index contributed by atoms with van der Waals surface area (Å²) in [5, 5.41) is 3.39. The van der Waals surface area contributed by atoms with Crippen molar-refractivity contribution in [3.63, 3.8) is 0 Å². The second-order valence-corrected chi connectivity index (χ2v) is 6.49. The van der Waals surface area contributed by atoms with Gasteiger partial charge in [0.15, 0.2) is 0 Å². The maximum Gasteiger partial charge on any atom is 0.219 e. The van der Waals surface area contributed by atoms with E-state index < -0.39 is 0 Å². The summed E-state index contributed by atoms with van der Waals surface area (Å²) in [6.45, 7) is 2.68. The molecule has 0 amide bonds. The summed E-state index contributed by atoms with van der Waals surface area (Å²) in [4.78, 5) is 8.69. The topological polar surface area (TPSA) is 47.0 Å². The van der Waals surface area contributed by atoms with Gasteiger partial charge in [-0.2, -0.15) is 0 Å². The molecule has 0 bridgehead atoms. The molecule has 4 nitrogen and oxygen atoms in total. The molecule has 0 aliphatic heterocycles. The summed E-state index contributed by atoms with van der Waals surface area (Å²) in [5.41, 5.74) is 5.35. The third kappa shape index (κ3) is 4.35. The van der Waals surface area contributed by atoms with Crippen LogP contribution in [0.4, 0.5) is 5.69 Å². The molecule has 138 valence electrons. The maximum absolute atomic E-state index is 5.92. The van der Waals surface area contributed by atoms with E-state index in [0.29, 0.717) is 12.4 Å². The largest absolute Gasteiger partial charge is 0.439 e. The first-order valence-electron chi connectivity index (χ1n) is 9.22. The molecular weight excluding hydrogens is 346 g/mol. The summed E-state index contributed by atoms with van der Waals surface area (Å²) in [6.07, 6.45) is 3.63. The van der Waals surface area contributed by atoms with Gasteiger partial charge < -0.3 is 10.1 Å². The Hall–Kier alpha value is -3.66. The Kier molecular flexibility index (Phi) is 5.29. The van der Waals surface area contributed by atoms with Crippen molar-refractivity contribution in [3.8, 4) is 22.8 Å². The van der Waals surface area contributed by atoms with Crippen molar-refractivity contribution >= 4 is 5.69 Å². The summed E-state index contributed by atoms with van der Waals surface area (Å²) in [6, 6.07) is 26.2. The van der Waals surface area contributed by atoms with Crippen LogP contribution in [-0.4, -0.2) is 9.97 Å². The maximum atomic E-state index is 5.92. The number of aromatic nitrogens is 2. The fraction of sp³-hybridized carbons (Fsp3) is 0.0833. The van der Waals surface area contributed by atoms with E-state index in [2.05, 4.69) is 39.6 Å². The molecular formula is C24H21N3O. The van der Waals surface area contributed by atoms with Crippen LogP contribution >= 0.6 is 0 Å². The molecule has 0 saturated heterocycles. The molecule has 2 heterocycles. The van der Waals surface area contributed by atoms with Crippen molar-refractivity contribution in [1.82, 2.24) is 9.97 Å². The lowest BCUT2D eigenvalue weighted by Gasteiger charge is -2.11. The van der Waals surface area contributed by atoms with Gasteiger partial charge in [-0.15, -0.1) is 0 Å². The number of benzene rings is 2. The number of rotatable bonds is 6. The highest BCUT2D eigenvalue weighted by molar-refractivity contribution is 5.64. The van der Waals surface area contributed by atoms with E-state index in [1.165, 1.54) is 5.56 Å². The zero-order valence-corrected chi connectivity index (χ0v) is 15.7. The molecule has 0 spiro atoms. The van der Waals surface area contributed by atoms with E-state index in [0.717, 1.165) is 28.3 Å². The van der Waals surface area contributed by atoms with E-state index in [-0.39, 0.29) is 0 Å². The lowest BCUT2D eigenvalue weighted by atomic mass is 10.1. The standard InChI is InChI=1S/C24H21N3O/c1-18-23(26-17-19-6-5-15-25-16-19)13-14-24(27-18)28-22-11-9-21(10-12-22)20-7-3-2-4-8-20/h2-16,26H,17H2,1H3. The van der Waals surface area contributed by atoms with Gasteiger partial charge >= 0.3 is 0 Å². The zero-order valence-electron chi connectivity index (χ0n) is 15.7. The minimum Gasteiger partial charge on any atom is -0.439 e. The molecule has 4 rings (SSSR count). The average molecular weight is 367 g/mol. The van der Waals surface area contributed by atoms with Gasteiger partial charge in [-0.25, -0.2) is 4.98 Å². The molecule has 0 aliphatic rings. The molecule has 1 N–H and O–H groups in total. The van der Waals surface area contributed by atoms with Gasteiger partial charge in [0.2, 0.25) is 5.88 Å². The third-order valence-corrected chi connectivity index (χ3v) is 4.45. The Morgan fingerprint density at radius 3 is 2.32 bits per heavy atom. The lowest BCUT2D eigenvalue weighted by Crippen LogP contribution is -2.02. The zero-order chi connectivity index (χ0) is 19.2. The first-order chi connectivity index (χ1) is 13.8. The smallest absolute Gasteiger partial charge is 0.219 e. The first kappa shape index (κ1) is 17.7. The second-order valence-electron chi connectivity index (χ2n) is 6.49. The van der Waals surface area contributed by atoms with E-state index in [4.69, 9.17) is 4.74 Å². The van der Waals surface area contributed by atoms with Gasteiger partial charge in [-0.1, -0.05) is 48.5 Å². The highest BCUT2D eigenvalue weighted by Gasteiger charge is 2.05. The number of pyridine rings is 2. The lowest BCUT2D eigenvalue weighted by molar-refractivity contribution is 0.462. The number of hydrogen-bond acceptors (Lipinski definition) is 4. The fourth-order valence-corrected chi connectivity index (χ4v) is 2.95. The molecule has 2 aromatic carbocycles. The van der Waals surface area contributed by atoms with E-state index in [1.807, 2.05) is 67.7 Å². The van der Waals surface area contributed by atoms with Gasteiger partial charge in [0.25, 0.3) is 0 Å². The van der Waals surface area contributed by atoms with E-state index in [1.54, 1.807) is 6.20 Å². The van der Waals surface area contributed by atoms with Gasteiger partial charge in [0.05, 0.1) is 11.4 Å². The van der Waals surface area contributed by atoms with Crippen molar-refractivity contribution in [2.75, 3.05) is 5.32 Å². The van der Waals surface area contributed by atoms with E-state index in [9.17, 15) is 0 Å². The quantitative estimate of drug-likeness (QED) is 0.464. The SMILES string of the molecule is Cc1nc(Oc2ccc(-c3ccccc3)cc2)ccc1NCc1cccnc1. The normalized spacial score (nSPS) is 10.5. The van der Waals surface area contributed by atoms with Gasteiger partial charge in [0, 0.05) is 25.0 Å². The molecule has 0 radical (unpaired) electrons. The Balaban J connectivity index is 1.41. The number of ether oxygens (including phenoxy) is 1. The summed E-state index contributed by atoms with van der Waals surface area (Å²) in [5.74, 6) is 1.35. The molecule has 0 aliphatic carbocycles. The highest BCUT2D eigenvalue weighted by Crippen LogP contribution is 2.26. The third-order valence-electron chi connectivity index (χ3n) is 4.45. The van der Waals surface area contributed by atoms with Crippen LogP contribution in [0, 0.1) is 6.92 Å². The molecule has 0 saturated carbocycles. The van der Waals surface area contributed by atoms with Crippen molar-refractivity contribution in [2.24, 2.45) is 0 Å². The number of aryl methyl sites for hydroxylation is 1. The van der Waals surface area contributed by atoms with E-state index >= 15 is 0 Å². The Bertz CT molecular complexity index is 1030. The first-order valence-corrected chi connectivity index (χ1v) is 9.22. The average Bonchev–Trinajstić information content (AvgIpc) is 2.75. The van der Waals surface area contributed by atoms with Crippen LogP contribution in [0.5, 0.6) is 11.6 Å². The van der Waals surface area contributed by atoms with Crippen molar-refractivity contribution in [1.29, 1.82) is 0 Å². The number of nitrogens with one attached hydrogen (secondary N) is 1. The van der Waals surface area contributed by atoms with Crippen LogP contribution in [0.2, 0.25) is 0 Å². The van der Waals surface area contributed by atoms with Crippen LogP contribution in [0.3, 0.4) is 0 Å². The van der Waals surface area contributed by atoms with Crippen molar-refractivity contribution < 1.29 is 4.74 Å². The van der Waals surface area contributed by atoms with Crippen molar-refractivity contribution in [3.05, 3.63) is 103 Å². The van der Waals surface area contributed by atoms with Crippen LogP contribution in [0.25, 0.3) is 11.1 Å². The van der Waals surface area contributed by atoms with Crippen molar-refractivity contribution in [2.45, 2.75) is 13.5 Å². The monoisotopic (exact) mass is 367 g/mol. The number of anilines is 1. The molecule has 0 fully saturated rings. The Morgan fingerprint density at radius 2 is 1.61 bits per heavy atom. The summed E-state index contributed by atoms with van der Waals surface area (Å²) in [7, 11) is 0. The van der Waals surface area contributed by atoms with Crippen LogP contribution in [0.1, 0.15) is 11.3 Å². The van der Waals surface area contributed by atoms with Gasteiger partial charge in [-0.3, -0.25) is 4.98 Å². The number of hydrogen-bond donors (Lipinski definition) is 1. The summed E-state index contributed by atoms with van der Waals surface area (Å²) >= 11 is 0.